The Labute approximate surface area is 328 Å². The lowest BCUT2D eigenvalue weighted by molar-refractivity contribution is 0.203. The molecule has 0 radical (unpaired) electrons. The molecule has 2 atom stereocenters. The van der Waals surface area contributed by atoms with E-state index in [4.69, 9.17) is 4.42 Å². The molecule has 11 aromatic rings. The van der Waals surface area contributed by atoms with Gasteiger partial charge >= 0.3 is 0 Å². The van der Waals surface area contributed by atoms with Crippen molar-refractivity contribution in [1.82, 2.24) is 25.1 Å². The van der Waals surface area contributed by atoms with Crippen LogP contribution in [0.1, 0.15) is 35.2 Å². The highest BCUT2D eigenvalue weighted by Gasteiger charge is 2.30. The van der Waals surface area contributed by atoms with Crippen molar-refractivity contribution < 1.29 is 4.42 Å². The van der Waals surface area contributed by atoms with Gasteiger partial charge in [0.15, 0.2) is 0 Å². The van der Waals surface area contributed by atoms with E-state index >= 15 is 0 Å². The Kier molecular flexibility index (Phi) is 7.25. The minimum absolute atomic E-state index is 0.0598. The molecule has 1 fully saturated rings. The van der Waals surface area contributed by atoms with Gasteiger partial charge in [-0.1, -0.05) is 127 Å². The van der Waals surface area contributed by atoms with Gasteiger partial charge < -0.3 is 13.6 Å². The number of fused-ring (bicyclic) bond motifs is 10. The molecular formula is C51H37N5O. The Morgan fingerprint density at radius 2 is 0.895 bits per heavy atom. The van der Waals surface area contributed by atoms with E-state index < -0.39 is 0 Å². The summed E-state index contributed by atoms with van der Waals surface area (Å²) < 4.78 is 11.4. The average molecular weight is 736 g/mol. The van der Waals surface area contributed by atoms with Crippen molar-refractivity contribution in [2.45, 2.75) is 18.5 Å². The molecule has 6 nitrogen and oxygen atoms in total. The topological polar surface area (TPSA) is 59.1 Å². The molecule has 0 bridgehead atoms. The molecule has 2 unspecified atom stereocenters. The number of nitrogens with zero attached hydrogens (tertiary/aromatic N) is 2. The van der Waals surface area contributed by atoms with Crippen LogP contribution in [0.3, 0.4) is 0 Å². The van der Waals surface area contributed by atoms with Crippen molar-refractivity contribution in [3.05, 3.63) is 205 Å². The summed E-state index contributed by atoms with van der Waals surface area (Å²) in [5, 5.41) is 18.7. The first-order chi connectivity index (χ1) is 28.3. The van der Waals surface area contributed by atoms with Crippen LogP contribution in [0.5, 0.6) is 0 Å². The van der Waals surface area contributed by atoms with Gasteiger partial charge in [0.25, 0.3) is 0 Å². The Morgan fingerprint density at radius 3 is 1.63 bits per heavy atom. The number of para-hydroxylation sites is 3. The third-order valence-electron chi connectivity index (χ3n) is 11.8. The molecule has 1 aliphatic heterocycles. The summed E-state index contributed by atoms with van der Waals surface area (Å²) in [6.07, 6.45) is -0.252. The van der Waals surface area contributed by atoms with E-state index in [1.165, 1.54) is 43.7 Å². The largest absolute Gasteiger partial charge is 0.456 e. The molecule has 0 saturated carbocycles. The minimum Gasteiger partial charge on any atom is -0.456 e. The Bertz CT molecular complexity index is 3240. The lowest BCUT2D eigenvalue weighted by Crippen LogP contribution is -2.54. The quantitative estimate of drug-likeness (QED) is 0.165. The number of nitrogens with one attached hydrogen (secondary N) is 3. The SMILES string of the molecule is c1ccc(C2NC(c3ccccc3)NC(c3cccc(-n4c5cc6c(cc5c5c7c(ccc54)oc4ccccc47)c4ccccc4n6-c4ccccc4)c3)N2)cc1. The molecule has 8 aromatic carbocycles. The fourth-order valence-corrected chi connectivity index (χ4v) is 9.27. The number of aromatic nitrogens is 2. The number of furan rings is 1. The van der Waals surface area contributed by atoms with Gasteiger partial charge in [-0.15, -0.1) is 0 Å². The zero-order valence-electron chi connectivity index (χ0n) is 30.9. The highest BCUT2D eigenvalue weighted by atomic mass is 16.3. The van der Waals surface area contributed by atoms with Gasteiger partial charge in [0.2, 0.25) is 0 Å². The monoisotopic (exact) mass is 735 g/mol. The normalized spacial score (nSPS) is 17.4. The average Bonchev–Trinajstić information content (AvgIpc) is 3.93. The molecule has 4 heterocycles. The van der Waals surface area contributed by atoms with Crippen molar-refractivity contribution in [2.24, 2.45) is 0 Å². The van der Waals surface area contributed by atoms with Crippen LogP contribution in [-0.4, -0.2) is 9.13 Å². The molecule has 0 aliphatic carbocycles. The zero-order valence-corrected chi connectivity index (χ0v) is 30.9. The number of hydrogen-bond donors (Lipinski definition) is 3. The van der Waals surface area contributed by atoms with Crippen molar-refractivity contribution in [3.8, 4) is 11.4 Å². The minimum atomic E-state index is -0.133. The summed E-state index contributed by atoms with van der Waals surface area (Å²) in [5.74, 6) is 0. The summed E-state index contributed by atoms with van der Waals surface area (Å²) in [7, 11) is 0. The molecule has 57 heavy (non-hydrogen) atoms. The van der Waals surface area contributed by atoms with Crippen LogP contribution in [0, 0.1) is 0 Å². The van der Waals surface area contributed by atoms with Crippen molar-refractivity contribution in [1.29, 1.82) is 0 Å². The van der Waals surface area contributed by atoms with E-state index in [9.17, 15) is 0 Å². The highest BCUT2D eigenvalue weighted by molar-refractivity contribution is 6.29. The molecule has 1 saturated heterocycles. The first-order valence-corrected chi connectivity index (χ1v) is 19.6. The fourth-order valence-electron chi connectivity index (χ4n) is 9.27. The first-order valence-electron chi connectivity index (χ1n) is 19.6. The molecule has 0 amide bonds. The second-order valence-corrected chi connectivity index (χ2v) is 15.1. The van der Waals surface area contributed by atoms with Crippen molar-refractivity contribution in [2.75, 3.05) is 0 Å². The predicted molar refractivity (Wildman–Crippen MR) is 233 cm³/mol. The maximum atomic E-state index is 6.50. The Balaban J connectivity index is 1.11. The van der Waals surface area contributed by atoms with E-state index in [1.54, 1.807) is 0 Å². The van der Waals surface area contributed by atoms with Gasteiger partial charge in [-0.2, -0.15) is 0 Å². The van der Waals surface area contributed by atoms with E-state index in [0.29, 0.717) is 0 Å². The molecule has 6 heteroatoms. The molecule has 3 N–H and O–H groups in total. The summed E-state index contributed by atoms with van der Waals surface area (Å²) in [5.41, 5.74) is 12.2. The van der Waals surface area contributed by atoms with E-state index in [2.05, 4.69) is 207 Å². The zero-order chi connectivity index (χ0) is 37.5. The predicted octanol–water partition coefficient (Wildman–Crippen LogP) is 12.0. The fraction of sp³-hybridized carbons (Fsp3) is 0.0588. The molecule has 3 aromatic heterocycles. The van der Waals surface area contributed by atoms with Crippen LogP contribution in [0.15, 0.2) is 192 Å². The third-order valence-corrected chi connectivity index (χ3v) is 11.8. The second-order valence-electron chi connectivity index (χ2n) is 15.1. The second kappa shape index (κ2) is 12.8. The number of benzene rings is 8. The summed E-state index contributed by atoms with van der Waals surface area (Å²) in [6, 6.07) is 67.3. The summed E-state index contributed by atoms with van der Waals surface area (Å²) in [6.45, 7) is 0. The smallest absolute Gasteiger partial charge is 0.136 e. The van der Waals surface area contributed by atoms with E-state index in [-0.39, 0.29) is 18.5 Å². The van der Waals surface area contributed by atoms with Gasteiger partial charge in [-0.05, 0) is 77.4 Å². The molecular weight excluding hydrogens is 699 g/mol. The lowest BCUT2D eigenvalue weighted by Gasteiger charge is -2.39. The molecule has 1 aliphatic rings. The van der Waals surface area contributed by atoms with Gasteiger partial charge in [0.05, 0.1) is 40.6 Å². The number of rotatable bonds is 5. The van der Waals surface area contributed by atoms with Crippen LogP contribution < -0.4 is 16.0 Å². The lowest BCUT2D eigenvalue weighted by atomic mass is 10.0. The third kappa shape index (κ3) is 5.09. The van der Waals surface area contributed by atoms with Crippen LogP contribution in [0.25, 0.3) is 76.9 Å². The van der Waals surface area contributed by atoms with Gasteiger partial charge in [0, 0.05) is 43.7 Å². The summed E-state index contributed by atoms with van der Waals surface area (Å²) in [4.78, 5) is 0. The van der Waals surface area contributed by atoms with E-state index in [1.807, 2.05) is 6.07 Å². The molecule has 12 rings (SSSR count). The maximum Gasteiger partial charge on any atom is 0.136 e. The van der Waals surface area contributed by atoms with Crippen LogP contribution in [-0.2, 0) is 0 Å². The van der Waals surface area contributed by atoms with Crippen LogP contribution >= 0.6 is 0 Å². The van der Waals surface area contributed by atoms with Crippen LogP contribution in [0.4, 0.5) is 0 Å². The van der Waals surface area contributed by atoms with Crippen molar-refractivity contribution >= 4 is 65.6 Å². The van der Waals surface area contributed by atoms with Gasteiger partial charge in [-0.25, -0.2) is 0 Å². The Morgan fingerprint density at radius 1 is 0.333 bits per heavy atom. The first kappa shape index (κ1) is 32.3. The number of hydrogen-bond acceptors (Lipinski definition) is 4. The van der Waals surface area contributed by atoms with Gasteiger partial charge in [0.1, 0.15) is 11.2 Å². The molecule has 272 valence electrons. The van der Waals surface area contributed by atoms with Crippen LogP contribution in [0.2, 0.25) is 0 Å². The molecule has 0 spiro atoms. The maximum absolute atomic E-state index is 6.50. The van der Waals surface area contributed by atoms with E-state index in [0.717, 1.165) is 49.9 Å². The standard InChI is InChI=1S/C51H37N5O/c1-4-15-32(16-5-1)49-52-50(33-17-6-2-7-18-33)54-51(53-49)34-19-14-22-36(29-34)56-42-27-28-46-48(38-24-11-13-26-45(38)57-46)47(42)40-30-39-37-23-10-12-25-41(37)55(43(39)31-44(40)56)35-20-8-3-9-21-35/h1-31,49-54H. The Hall–Kier alpha value is -6.96. The van der Waals surface area contributed by atoms with Gasteiger partial charge in [-0.3, -0.25) is 16.0 Å². The van der Waals surface area contributed by atoms with Crippen molar-refractivity contribution in [3.63, 3.8) is 0 Å². The highest BCUT2D eigenvalue weighted by Crippen LogP contribution is 2.44. The summed E-state index contributed by atoms with van der Waals surface area (Å²) >= 11 is 0.